The normalized spacial score (nSPS) is 16.7. The Morgan fingerprint density at radius 1 is 1.41 bits per heavy atom. The molecule has 1 aromatic heterocycles. The lowest BCUT2D eigenvalue weighted by Crippen LogP contribution is -2.44. The van der Waals surface area contributed by atoms with Crippen LogP contribution in [-0.2, 0) is 5.54 Å². The van der Waals surface area contributed by atoms with Crippen LogP contribution >= 0.6 is 27.3 Å². The van der Waals surface area contributed by atoms with Gasteiger partial charge in [0, 0.05) is 15.5 Å². The van der Waals surface area contributed by atoms with Gasteiger partial charge in [-0.3, -0.25) is 4.79 Å². The zero-order valence-electron chi connectivity index (χ0n) is 12.2. The molecule has 3 rings (SSSR count). The fourth-order valence-corrected chi connectivity index (χ4v) is 4.25. The van der Waals surface area contributed by atoms with Crippen LogP contribution < -0.4 is 5.32 Å². The minimum atomic E-state index is -0.518. The van der Waals surface area contributed by atoms with Gasteiger partial charge in [-0.25, -0.2) is 9.37 Å². The fraction of sp³-hybridized carbons (Fsp3) is 0.375. The molecule has 0 aliphatic heterocycles. The van der Waals surface area contributed by atoms with Gasteiger partial charge in [-0.05, 0) is 38.0 Å². The van der Waals surface area contributed by atoms with E-state index in [2.05, 4.69) is 26.2 Å². The predicted octanol–water partition coefficient (Wildman–Crippen LogP) is 4.55. The average molecular weight is 383 g/mol. The average Bonchev–Trinajstić information content (AvgIpc) is 3.08. The standard InChI is InChI=1S/C16H16BrFN2OS/c1-10-9-22-15(19-10)16(6-2-3-7-16)20-14(21)12-5-4-11(17)8-13(12)18/h4-5,8-9H,2-3,6-7H2,1H3,(H,20,21). The van der Waals surface area contributed by atoms with Crippen molar-refractivity contribution in [2.75, 3.05) is 0 Å². The number of aromatic nitrogens is 1. The van der Waals surface area contributed by atoms with Gasteiger partial charge >= 0.3 is 0 Å². The summed E-state index contributed by atoms with van der Waals surface area (Å²) in [5.74, 6) is -0.893. The van der Waals surface area contributed by atoms with E-state index in [0.717, 1.165) is 36.4 Å². The van der Waals surface area contributed by atoms with Crippen LogP contribution in [0.25, 0.3) is 0 Å². The summed E-state index contributed by atoms with van der Waals surface area (Å²) in [6.45, 7) is 1.94. The molecule has 1 fully saturated rings. The summed E-state index contributed by atoms with van der Waals surface area (Å²) in [6, 6.07) is 4.49. The van der Waals surface area contributed by atoms with Gasteiger partial charge in [-0.1, -0.05) is 28.8 Å². The van der Waals surface area contributed by atoms with E-state index in [1.807, 2.05) is 12.3 Å². The molecule has 116 valence electrons. The largest absolute Gasteiger partial charge is 0.340 e. The SMILES string of the molecule is Cc1csc(C2(NC(=O)c3ccc(Br)cc3F)CCCC2)n1. The van der Waals surface area contributed by atoms with Crippen LogP contribution in [0.4, 0.5) is 4.39 Å². The smallest absolute Gasteiger partial charge is 0.255 e. The van der Waals surface area contributed by atoms with Gasteiger partial charge in [0.15, 0.2) is 0 Å². The summed E-state index contributed by atoms with van der Waals surface area (Å²) in [4.78, 5) is 17.1. The second-order valence-corrected chi connectivity index (χ2v) is 7.44. The van der Waals surface area contributed by atoms with Crippen molar-refractivity contribution in [3.63, 3.8) is 0 Å². The summed E-state index contributed by atoms with van der Waals surface area (Å²) in [6.07, 6.45) is 3.79. The van der Waals surface area contributed by atoms with Gasteiger partial charge < -0.3 is 5.32 Å². The highest BCUT2D eigenvalue weighted by molar-refractivity contribution is 9.10. The van der Waals surface area contributed by atoms with Crippen LogP contribution in [0, 0.1) is 12.7 Å². The molecule has 1 aliphatic rings. The second kappa shape index (κ2) is 6.08. The molecular weight excluding hydrogens is 367 g/mol. The lowest BCUT2D eigenvalue weighted by atomic mass is 9.97. The Morgan fingerprint density at radius 2 is 2.14 bits per heavy atom. The van der Waals surface area contributed by atoms with Crippen molar-refractivity contribution < 1.29 is 9.18 Å². The highest BCUT2D eigenvalue weighted by Crippen LogP contribution is 2.40. The summed E-state index contributed by atoms with van der Waals surface area (Å²) in [5.41, 5.74) is 0.577. The molecule has 1 amide bonds. The second-order valence-electron chi connectivity index (χ2n) is 5.66. The van der Waals surface area contributed by atoms with E-state index in [1.165, 1.54) is 12.1 Å². The maximum absolute atomic E-state index is 14.0. The Balaban J connectivity index is 1.89. The van der Waals surface area contributed by atoms with Crippen LogP contribution in [-0.4, -0.2) is 10.9 Å². The number of nitrogens with zero attached hydrogens (tertiary/aromatic N) is 1. The molecule has 0 radical (unpaired) electrons. The zero-order valence-corrected chi connectivity index (χ0v) is 14.6. The van der Waals surface area contributed by atoms with Gasteiger partial charge in [0.05, 0.1) is 11.1 Å². The summed E-state index contributed by atoms with van der Waals surface area (Å²) >= 11 is 4.77. The van der Waals surface area contributed by atoms with Gasteiger partial charge in [0.1, 0.15) is 10.8 Å². The number of aryl methyl sites for hydroxylation is 1. The first kappa shape index (κ1) is 15.6. The molecule has 3 nitrogen and oxygen atoms in total. The first-order valence-electron chi connectivity index (χ1n) is 7.20. The molecule has 0 spiro atoms. The number of carbonyl (C=O) groups excluding carboxylic acids is 1. The topological polar surface area (TPSA) is 42.0 Å². The number of hydrogen-bond acceptors (Lipinski definition) is 3. The number of amides is 1. The van der Waals surface area contributed by atoms with Crippen molar-refractivity contribution in [1.82, 2.24) is 10.3 Å². The lowest BCUT2D eigenvalue weighted by molar-refractivity contribution is 0.0893. The molecule has 0 bridgehead atoms. The van der Waals surface area contributed by atoms with Crippen LogP contribution in [0.15, 0.2) is 28.1 Å². The van der Waals surface area contributed by atoms with Crippen molar-refractivity contribution in [1.29, 1.82) is 0 Å². The third-order valence-electron chi connectivity index (χ3n) is 4.01. The van der Waals surface area contributed by atoms with Crippen LogP contribution in [0.5, 0.6) is 0 Å². The number of nitrogens with one attached hydrogen (secondary N) is 1. The maximum atomic E-state index is 14.0. The van der Waals surface area contributed by atoms with Crippen molar-refractivity contribution >= 4 is 33.2 Å². The zero-order chi connectivity index (χ0) is 15.7. The number of carbonyl (C=O) groups is 1. The Labute approximate surface area is 141 Å². The van der Waals surface area contributed by atoms with Crippen LogP contribution in [0.2, 0.25) is 0 Å². The first-order chi connectivity index (χ1) is 10.5. The van der Waals surface area contributed by atoms with Crippen LogP contribution in [0.1, 0.15) is 46.7 Å². The van der Waals surface area contributed by atoms with E-state index in [-0.39, 0.29) is 11.5 Å². The van der Waals surface area contributed by atoms with Crippen molar-refractivity contribution in [3.8, 4) is 0 Å². The molecule has 1 aliphatic carbocycles. The van der Waals surface area contributed by atoms with E-state index in [9.17, 15) is 9.18 Å². The minimum absolute atomic E-state index is 0.0720. The maximum Gasteiger partial charge on any atom is 0.255 e. The molecule has 0 unspecified atom stereocenters. The lowest BCUT2D eigenvalue weighted by Gasteiger charge is -2.28. The van der Waals surface area contributed by atoms with Crippen molar-refractivity contribution in [2.45, 2.75) is 38.1 Å². The molecule has 0 saturated heterocycles. The highest BCUT2D eigenvalue weighted by Gasteiger charge is 2.40. The Bertz CT molecular complexity index is 710. The quantitative estimate of drug-likeness (QED) is 0.845. The molecule has 2 aromatic rings. The molecule has 1 N–H and O–H groups in total. The number of benzene rings is 1. The van der Waals surface area contributed by atoms with Gasteiger partial charge in [-0.15, -0.1) is 11.3 Å². The molecule has 1 aromatic carbocycles. The molecule has 1 heterocycles. The third kappa shape index (κ3) is 2.94. The molecule has 1 saturated carbocycles. The van der Waals surface area contributed by atoms with E-state index in [4.69, 9.17) is 0 Å². The number of hydrogen-bond donors (Lipinski definition) is 1. The Hall–Kier alpha value is -1.27. The Morgan fingerprint density at radius 3 is 2.73 bits per heavy atom. The fourth-order valence-electron chi connectivity index (χ4n) is 2.90. The third-order valence-corrected chi connectivity index (χ3v) is 5.67. The monoisotopic (exact) mass is 382 g/mol. The van der Waals surface area contributed by atoms with Gasteiger partial charge in [-0.2, -0.15) is 0 Å². The minimum Gasteiger partial charge on any atom is -0.340 e. The molecule has 0 atom stereocenters. The molecular formula is C16H16BrFN2OS. The number of rotatable bonds is 3. The van der Waals surface area contributed by atoms with E-state index in [1.54, 1.807) is 17.4 Å². The van der Waals surface area contributed by atoms with Crippen molar-refractivity contribution in [2.24, 2.45) is 0 Å². The van der Waals surface area contributed by atoms with Crippen molar-refractivity contribution in [3.05, 3.63) is 50.1 Å². The molecule has 6 heteroatoms. The van der Waals surface area contributed by atoms with E-state index >= 15 is 0 Å². The number of thiazole rings is 1. The summed E-state index contributed by atoms with van der Waals surface area (Å²) in [5, 5.41) is 5.96. The number of halogens is 2. The van der Waals surface area contributed by atoms with Gasteiger partial charge in [0.2, 0.25) is 0 Å². The van der Waals surface area contributed by atoms with Gasteiger partial charge in [0.25, 0.3) is 5.91 Å². The molecule has 22 heavy (non-hydrogen) atoms. The van der Waals surface area contributed by atoms with E-state index in [0.29, 0.717) is 4.47 Å². The first-order valence-corrected chi connectivity index (χ1v) is 8.88. The summed E-state index contributed by atoms with van der Waals surface area (Å²) in [7, 11) is 0. The Kier molecular flexibility index (Phi) is 4.32. The highest BCUT2D eigenvalue weighted by atomic mass is 79.9. The van der Waals surface area contributed by atoms with E-state index < -0.39 is 11.4 Å². The summed E-state index contributed by atoms with van der Waals surface area (Å²) < 4.78 is 14.6. The van der Waals surface area contributed by atoms with Crippen LogP contribution in [0.3, 0.4) is 0 Å². The predicted molar refractivity (Wildman–Crippen MR) is 88.6 cm³/mol.